The van der Waals surface area contributed by atoms with Gasteiger partial charge in [-0.15, -0.1) is 0 Å². The molecule has 0 atom stereocenters. The van der Waals surface area contributed by atoms with Crippen LogP contribution in [0.4, 0.5) is 10.1 Å². The Kier molecular flexibility index (Phi) is 4.09. The fraction of sp³-hybridized carbons (Fsp3) is 0. The number of aromatic carboxylic acids is 1. The van der Waals surface area contributed by atoms with E-state index in [1.807, 2.05) is 0 Å². The lowest BCUT2D eigenvalue weighted by Gasteiger charge is -2.09. The number of rotatable bonds is 3. The third-order valence-electron chi connectivity index (χ3n) is 2.67. The van der Waals surface area contributed by atoms with Crippen LogP contribution in [0.1, 0.15) is 20.7 Å². The van der Waals surface area contributed by atoms with Crippen LogP contribution in [-0.2, 0) is 0 Å². The SMILES string of the molecule is O=C(O)c1ccc(NC(=O)c2ccc(F)cc2O)c(Cl)c1. The Morgan fingerprint density at radius 1 is 1.14 bits per heavy atom. The molecular weight excluding hydrogens is 301 g/mol. The molecular formula is C14H9ClFNO4. The molecule has 1 amide bonds. The van der Waals surface area contributed by atoms with Gasteiger partial charge < -0.3 is 15.5 Å². The fourth-order valence-corrected chi connectivity index (χ4v) is 1.86. The summed E-state index contributed by atoms with van der Waals surface area (Å²) in [5.41, 5.74) is 0.0211. The number of amides is 1. The summed E-state index contributed by atoms with van der Waals surface area (Å²) in [6, 6.07) is 6.75. The first kappa shape index (κ1) is 14.8. The van der Waals surface area contributed by atoms with Gasteiger partial charge >= 0.3 is 5.97 Å². The highest BCUT2D eigenvalue weighted by Gasteiger charge is 2.14. The maximum atomic E-state index is 12.9. The van der Waals surface area contributed by atoms with Crippen LogP contribution in [0.25, 0.3) is 0 Å². The van der Waals surface area contributed by atoms with Gasteiger partial charge in [-0.05, 0) is 30.3 Å². The number of halogens is 2. The van der Waals surface area contributed by atoms with Gasteiger partial charge in [0.1, 0.15) is 11.6 Å². The van der Waals surface area contributed by atoms with Crippen molar-refractivity contribution in [2.75, 3.05) is 5.32 Å². The van der Waals surface area contributed by atoms with E-state index in [1.54, 1.807) is 0 Å². The summed E-state index contributed by atoms with van der Waals surface area (Å²) in [6.45, 7) is 0. The molecule has 0 heterocycles. The second-order valence-electron chi connectivity index (χ2n) is 4.12. The van der Waals surface area contributed by atoms with Crippen LogP contribution in [0.3, 0.4) is 0 Å². The molecule has 2 aromatic rings. The van der Waals surface area contributed by atoms with Crippen molar-refractivity contribution >= 4 is 29.2 Å². The van der Waals surface area contributed by atoms with Crippen LogP contribution in [0.15, 0.2) is 36.4 Å². The van der Waals surface area contributed by atoms with E-state index in [-0.39, 0.29) is 21.8 Å². The van der Waals surface area contributed by atoms with Gasteiger partial charge in [-0.1, -0.05) is 11.6 Å². The van der Waals surface area contributed by atoms with Gasteiger partial charge in [-0.25, -0.2) is 9.18 Å². The molecule has 0 bridgehead atoms. The predicted octanol–water partition coefficient (Wildman–Crippen LogP) is 3.14. The largest absolute Gasteiger partial charge is 0.507 e. The minimum atomic E-state index is -1.15. The molecule has 0 aromatic heterocycles. The van der Waals surface area contributed by atoms with E-state index in [0.29, 0.717) is 0 Å². The number of hydrogen-bond donors (Lipinski definition) is 3. The Morgan fingerprint density at radius 3 is 2.43 bits per heavy atom. The maximum absolute atomic E-state index is 12.9. The predicted molar refractivity (Wildman–Crippen MR) is 74.4 cm³/mol. The van der Waals surface area contributed by atoms with E-state index in [0.717, 1.165) is 18.2 Å². The van der Waals surface area contributed by atoms with Crippen LogP contribution in [0, 0.1) is 5.82 Å². The topological polar surface area (TPSA) is 86.6 Å². The Labute approximate surface area is 123 Å². The minimum Gasteiger partial charge on any atom is -0.507 e. The van der Waals surface area contributed by atoms with E-state index in [4.69, 9.17) is 16.7 Å². The van der Waals surface area contributed by atoms with E-state index >= 15 is 0 Å². The first-order chi connectivity index (χ1) is 9.88. The van der Waals surface area contributed by atoms with Crippen molar-refractivity contribution < 1.29 is 24.2 Å². The Balaban J connectivity index is 2.25. The van der Waals surface area contributed by atoms with Crippen LogP contribution < -0.4 is 5.32 Å². The summed E-state index contributed by atoms with van der Waals surface area (Å²) in [5.74, 6) is -3.03. The third kappa shape index (κ3) is 3.29. The molecule has 0 aliphatic rings. The summed E-state index contributed by atoms with van der Waals surface area (Å²) >= 11 is 5.87. The second kappa shape index (κ2) is 5.80. The van der Waals surface area contributed by atoms with E-state index in [1.165, 1.54) is 18.2 Å². The standard InChI is InChI=1S/C14H9ClFNO4/c15-10-5-7(14(20)21)1-4-11(10)17-13(19)9-3-2-8(16)6-12(9)18/h1-6,18H,(H,17,19)(H,20,21). The van der Waals surface area contributed by atoms with Crippen molar-refractivity contribution in [2.24, 2.45) is 0 Å². The summed E-state index contributed by atoms with van der Waals surface area (Å²) < 4.78 is 12.9. The number of phenolic OH excluding ortho intramolecular Hbond substituents is 1. The number of phenols is 1. The molecule has 2 rings (SSSR count). The normalized spacial score (nSPS) is 10.2. The zero-order chi connectivity index (χ0) is 15.6. The molecule has 108 valence electrons. The molecule has 0 saturated heterocycles. The molecule has 2 aromatic carbocycles. The second-order valence-corrected chi connectivity index (χ2v) is 4.52. The lowest BCUT2D eigenvalue weighted by atomic mass is 10.1. The molecule has 0 aliphatic carbocycles. The summed E-state index contributed by atoms with van der Waals surface area (Å²) in [5, 5.41) is 20.8. The first-order valence-corrected chi connectivity index (χ1v) is 6.09. The maximum Gasteiger partial charge on any atom is 0.335 e. The number of carbonyl (C=O) groups is 2. The summed E-state index contributed by atoms with van der Waals surface area (Å²) in [6.07, 6.45) is 0. The number of carboxylic acid groups (broad SMARTS) is 1. The number of hydrogen-bond acceptors (Lipinski definition) is 3. The van der Waals surface area contributed by atoms with Crippen LogP contribution in [-0.4, -0.2) is 22.1 Å². The number of aromatic hydroxyl groups is 1. The van der Waals surface area contributed by atoms with Crippen LogP contribution in [0.5, 0.6) is 5.75 Å². The van der Waals surface area contributed by atoms with Crippen molar-refractivity contribution in [3.05, 3.63) is 58.4 Å². The third-order valence-corrected chi connectivity index (χ3v) is 2.98. The fourth-order valence-electron chi connectivity index (χ4n) is 1.64. The van der Waals surface area contributed by atoms with Crippen molar-refractivity contribution in [3.8, 4) is 5.75 Å². The summed E-state index contributed by atoms with van der Waals surface area (Å²) in [4.78, 5) is 22.7. The Hall–Kier alpha value is -2.60. The first-order valence-electron chi connectivity index (χ1n) is 5.71. The minimum absolute atomic E-state index is 0.0253. The number of nitrogens with one attached hydrogen (secondary N) is 1. The Bertz CT molecular complexity index is 733. The van der Waals surface area contributed by atoms with Gasteiger partial charge in [0.25, 0.3) is 5.91 Å². The molecule has 0 unspecified atom stereocenters. The van der Waals surface area contributed by atoms with Gasteiger partial charge in [0, 0.05) is 6.07 Å². The monoisotopic (exact) mass is 309 g/mol. The molecule has 0 saturated carbocycles. The molecule has 5 nitrogen and oxygen atoms in total. The number of anilines is 1. The lowest BCUT2D eigenvalue weighted by molar-refractivity contribution is 0.0696. The van der Waals surface area contributed by atoms with Gasteiger partial charge in [-0.2, -0.15) is 0 Å². The van der Waals surface area contributed by atoms with Crippen molar-refractivity contribution in [3.63, 3.8) is 0 Å². The van der Waals surface area contributed by atoms with Gasteiger partial charge in [0.05, 0.1) is 21.8 Å². The number of benzene rings is 2. The molecule has 0 radical (unpaired) electrons. The summed E-state index contributed by atoms with van der Waals surface area (Å²) in [7, 11) is 0. The van der Waals surface area contributed by atoms with Crippen molar-refractivity contribution in [1.82, 2.24) is 0 Å². The van der Waals surface area contributed by atoms with Crippen molar-refractivity contribution in [1.29, 1.82) is 0 Å². The average molecular weight is 310 g/mol. The van der Waals surface area contributed by atoms with Crippen LogP contribution in [0.2, 0.25) is 5.02 Å². The molecule has 7 heteroatoms. The Morgan fingerprint density at radius 2 is 1.86 bits per heavy atom. The molecule has 21 heavy (non-hydrogen) atoms. The zero-order valence-corrected chi connectivity index (χ0v) is 11.2. The highest BCUT2D eigenvalue weighted by molar-refractivity contribution is 6.34. The number of carbonyl (C=O) groups excluding carboxylic acids is 1. The molecule has 0 aliphatic heterocycles. The molecule has 0 fully saturated rings. The average Bonchev–Trinajstić information content (AvgIpc) is 2.40. The van der Waals surface area contributed by atoms with Gasteiger partial charge in [-0.3, -0.25) is 4.79 Å². The number of carboxylic acids is 1. The van der Waals surface area contributed by atoms with Crippen molar-refractivity contribution in [2.45, 2.75) is 0 Å². The molecule has 3 N–H and O–H groups in total. The smallest absolute Gasteiger partial charge is 0.335 e. The highest BCUT2D eigenvalue weighted by Crippen LogP contribution is 2.25. The van der Waals surface area contributed by atoms with E-state index in [2.05, 4.69) is 5.32 Å². The zero-order valence-electron chi connectivity index (χ0n) is 10.4. The lowest BCUT2D eigenvalue weighted by Crippen LogP contribution is -2.13. The van der Waals surface area contributed by atoms with Crippen LogP contribution >= 0.6 is 11.6 Å². The quantitative estimate of drug-likeness (QED) is 0.813. The molecule has 0 spiro atoms. The van der Waals surface area contributed by atoms with Gasteiger partial charge in [0.15, 0.2) is 0 Å². The highest BCUT2D eigenvalue weighted by atomic mass is 35.5. The van der Waals surface area contributed by atoms with E-state index < -0.39 is 23.4 Å². The van der Waals surface area contributed by atoms with Gasteiger partial charge in [0.2, 0.25) is 0 Å². The van der Waals surface area contributed by atoms with E-state index in [9.17, 15) is 19.1 Å².